The molecule has 10 nitrogen and oxygen atoms in total. The van der Waals surface area contributed by atoms with E-state index < -0.39 is 0 Å². The van der Waals surface area contributed by atoms with Crippen LogP contribution in [0, 0.1) is 0 Å². The standard InChI is InChI=1S/C27H28ClN7O3/c28-19-9-18-3-6-33(14-20-11-29-4-7-38-20)26(18)21(10-19)25-23-8-17(13-35(23)31-16-30-25)12-34-24(36)15-32-5-1-2-22(32)27(34)37/h3,6,8-10,13,16,20,22,29H,1-2,4-5,7,11-12,14-15H2/t20-,22-/m0/s1. The van der Waals surface area contributed by atoms with Gasteiger partial charge in [0.1, 0.15) is 6.33 Å². The lowest BCUT2D eigenvalue weighted by atomic mass is 10.1. The molecule has 0 saturated carbocycles. The van der Waals surface area contributed by atoms with Crippen LogP contribution in [0.2, 0.25) is 5.02 Å². The molecule has 0 radical (unpaired) electrons. The van der Waals surface area contributed by atoms with Gasteiger partial charge in [0.2, 0.25) is 11.8 Å². The number of fused-ring (bicyclic) bond motifs is 3. The normalized spacial score (nSPS) is 22.6. The average molecular weight is 534 g/mol. The van der Waals surface area contributed by atoms with E-state index in [2.05, 4.69) is 32.2 Å². The highest BCUT2D eigenvalue weighted by atomic mass is 35.5. The summed E-state index contributed by atoms with van der Waals surface area (Å²) in [4.78, 5) is 33.9. The number of ether oxygens (including phenoxy) is 1. The largest absolute Gasteiger partial charge is 0.374 e. The van der Waals surface area contributed by atoms with Crippen molar-refractivity contribution in [2.75, 3.05) is 32.8 Å². The number of amides is 2. The van der Waals surface area contributed by atoms with Crippen LogP contribution in [0.5, 0.6) is 0 Å². The monoisotopic (exact) mass is 533 g/mol. The van der Waals surface area contributed by atoms with Crippen LogP contribution in [-0.4, -0.2) is 85.7 Å². The first-order valence-electron chi connectivity index (χ1n) is 13.1. The van der Waals surface area contributed by atoms with E-state index in [4.69, 9.17) is 16.3 Å². The Balaban J connectivity index is 1.26. The first-order chi connectivity index (χ1) is 18.5. The maximum atomic E-state index is 13.1. The Bertz CT molecular complexity index is 1560. The van der Waals surface area contributed by atoms with Crippen LogP contribution in [-0.2, 0) is 27.4 Å². The van der Waals surface area contributed by atoms with Crippen molar-refractivity contribution < 1.29 is 14.3 Å². The Morgan fingerprint density at radius 1 is 1.21 bits per heavy atom. The molecule has 3 saturated heterocycles. The van der Waals surface area contributed by atoms with Crippen molar-refractivity contribution in [3.05, 3.63) is 53.6 Å². The number of rotatable bonds is 5. The van der Waals surface area contributed by atoms with Crippen molar-refractivity contribution >= 4 is 39.8 Å². The number of halogens is 1. The molecule has 0 spiro atoms. The molecule has 2 amide bonds. The predicted octanol–water partition coefficient (Wildman–Crippen LogP) is 2.33. The lowest BCUT2D eigenvalue weighted by molar-refractivity contribution is -0.155. The van der Waals surface area contributed by atoms with Crippen LogP contribution < -0.4 is 5.32 Å². The zero-order chi connectivity index (χ0) is 25.8. The molecule has 0 unspecified atom stereocenters. The fourth-order valence-electron chi connectivity index (χ4n) is 6.08. The third-order valence-corrected chi connectivity index (χ3v) is 8.06. The van der Waals surface area contributed by atoms with Gasteiger partial charge in [-0.15, -0.1) is 0 Å². The summed E-state index contributed by atoms with van der Waals surface area (Å²) in [6.45, 7) is 4.40. The topological polar surface area (TPSA) is 97.0 Å². The van der Waals surface area contributed by atoms with Crippen LogP contribution in [0.4, 0.5) is 0 Å². The number of nitrogens with zero attached hydrogens (tertiary/aromatic N) is 6. The van der Waals surface area contributed by atoms with E-state index in [0.717, 1.165) is 65.7 Å². The van der Waals surface area contributed by atoms with Gasteiger partial charge in [-0.3, -0.25) is 19.4 Å². The van der Waals surface area contributed by atoms with Crippen molar-refractivity contribution in [2.24, 2.45) is 0 Å². The third kappa shape index (κ3) is 4.08. The zero-order valence-electron chi connectivity index (χ0n) is 20.8. The van der Waals surface area contributed by atoms with Gasteiger partial charge in [-0.2, -0.15) is 5.10 Å². The van der Waals surface area contributed by atoms with Crippen LogP contribution >= 0.6 is 11.6 Å². The third-order valence-electron chi connectivity index (χ3n) is 7.84. The van der Waals surface area contributed by atoms with Crippen LogP contribution in [0.1, 0.15) is 18.4 Å². The Labute approximate surface area is 224 Å². The summed E-state index contributed by atoms with van der Waals surface area (Å²) in [5.41, 5.74) is 4.27. The number of carbonyl (C=O) groups is 2. The number of carbonyl (C=O) groups excluding carboxylic acids is 2. The van der Waals surface area contributed by atoms with Gasteiger partial charge >= 0.3 is 0 Å². The second kappa shape index (κ2) is 9.46. The van der Waals surface area contributed by atoms with Gasteiger partial charge < -0.3 is 14.6 Å². The fourth-order valence-corrected chi connectivity index (χ4v) is 6.31. The molecule has 0 aliphatic carbocycles. The van der Waals surface area contributed by atoms with E-state index in [1.165, 1.54) is 11.2 Å². The van der Waals surface area contributed by atoms with E-state index in [1.54, 1.807) is 4.52 Å². The number of nitrogens with one attached hydrogen (secondary N) is 1. The number of hydrogen-bond donors (Lipinski definition) is 1. The quantitative estimate of drug-likeness (QED) is 0.393. The maximum absolute atomic E-state index is 13.1. The fraction of sp³-hybridized carbons (Fsp3) is 0.407. The highest BCUT2D eigenvalue weighted by molar-refractivity contribution is 6.32. The average Bonchev–Trinajstić information content (AvgIpc) is 3.65. The van der Waals surface area contributed by atoms with Crippen molar-refractivity contribution in [3.8, 4) is 11.3 Å². The van der Waals surface area contributed by atoms with Crippen molar-refractivity contribution in [1.29, 1.82) is 0 Å². The molecule has 1 N–H and O–H groups in total. The summed E-state index contributed by atoms with van der Waals surface area (Å²) in [6.07, 6.45) is 7.28. The molecule has 7 rings (SSSR count). The molecule has 0 bridgehead atoms. The van der Waals surface area contributed by atoms with Gasteiger partial charge in [-0.05, 0) is 49.2 Å². The van der Waals surface area contributed by atoms with Crippen LogP contribution in [0.25, 0.3) is 27.7 Å². The minimum atomic E-state index is -0.184. The molecular weight excluding hydrogens is 506 g/mol. The minimum absolute atomic E-state index is 0.0728. The molecule has 11 heteroatoms. The summed E-state index contributed by atoms with van der Waals surface area (Å²) in [5.74, 6) is -0.252. The first kappa shape index (κ1) is 23.8. The van der Waals surface area contributed by atoms with E-state index >= 15 is 0 Å². The Hall–Kier alpha value is -3.31. The minimum Gasteiger partial charge on any atom is -0.374 e. The van der Waals surface area contributed by atoms with Crippen molar-refractivity contribution in [3.63, 3.8) is 0 Å². The SMILES string of the molecule is O=C1CN2CCC[C@H]2C(=O)N1Cc1cc2c(-c3cc(Cl)cc4ccn(C[C@@H]5CNCCO5)c34)ncnn2c1. The highest BCUT2D eigenvalue weighted by Crippen LogP contribution is 2.35. The van der Waals surface area contributed by atoms with Gasteiger partial charge in [0.15, 0.2) is 0 Å². The zero-order valence-corrected chi connectivity index (χ0v) is 21.6. The number of hydrogen-bond acceptors (Lipinski definition) is 7. The molecule has 3 aliphatic heterocycles. The van der Waals surface area contributed by atoms with Gasteiger partial charge in [0, 0.05) is 41.5 Å². The molecule has 2 atom stereocenters. The molecular formula is C27H28ClN7O3. The molecule has 6 heterocycles. The lowest BCUT2D eigenvalue weighted by Crippen LogP contribution is -2.56. The summed E-state index contributed by atoms with van der Waals surface area (Å²) < 4.78 is 9.91. The Morgan fingerprint density at radius 3 is 3.00 bits per heavy atom. The van der Waals surface area contributed by atoms with E-state index in [-0.39, 0.29) is 30.5 Å². The summed E-state index contributed by atoms with van der Waals surface area (Å²) in [6, 6.07) is 7.73. The number of imide groups is 1. The Morgan fingerprint density at radius 2 is 2.13 bits per heavy atom. The second-order valence-electron chi connectivity index (χ2n) is 10.3. The van der Waals surface area contributed by atoms with Gasteiger partial charge in [-0.25, -0.2) is 9.50 Å². The van der Waals surface area contributed by atoms with Crippen LogP contribution in [0.15, 0.2) is 43.0 Å². The number of piperazine rings is 1. The molecule has 3 aliphatic rings. The van der Waals surface area contributed by atoms with E-state index in [9.17, 15) is 9.59 Å². The molecule has 3 fully saturated rings. The van der Waals surface area contributed by atoms with Crippen LogP contribution in [0.3, 0.4) is 0 Å². The lowest BCUT2D eigenvalue weighted by Gasteiger charge is -2.34. The number of benzene rings is 1. The van der Waals surface area contributed by atoms with E-state index in [1.807, 2.05) is 29.3 Å². The summed E-state index contributed by atoms with van der Waals surface area (Å²) >= 11 is 6.56. The Kier molecular flexibility index (Phi) is 5.92. The molecule has 4 aromatic rings. The maximum Gasteiger partial charge on any atom is 0.246 e. The van der Waals surface area contributed by atoms with Gasteiger partial charge in [-0.1, -0.05) is 11.6 Å². The molecule has 38 heavy (non-hydrogen) atoms. The smallest absolute Gasteiger partial charge is 0.246 e. The molecule has 196 valence electrons. The number of aromatic nitrogens is 4. The highest BCUT2D eigenvalue weighted by Gasteiger charge is 2.42. The van der Waals surface area contributed by atoms with E-state index in [0.29, 0.717) is 24.7 Å². The number of morpholine rings is 1. The van der Waals surface area contributed by atoms with Gasteiger partial charge in [0.05, 0.1) is 55.1 Å². The van der Waals surface area contributed by atoms with Crippen molar-refractivity contribution in [1.82, 2.24) is 34.3 Å². The predicted molar refractivity (Wildman–Crippen MR) is 142 cm³/mol. The molecule has 3 aromatic heterocycles. The first-order valence-corrected chi connectivity index (χ1v) is 13.4. The molecule has 1 aromatic carbocycles. The summed E-state index contributed by atoms with van der Waals surface area (Å²) in [7, 11) is 0. The van der Waals surface area contributed by atoms with Crippen molar-refractivity contribution in [2.45, 2.75) is 38.1 Å². The second-order valence-corrected chi connectivity index (χ2v) is 10.7. The summed E-state index contributed by atoms with van der Waals surface area (Å²) in [5, 5.41) is 9.45. The van der Waals surface area contributed by atoms with Gasteiger partial charge in [0.25, 0.3) is 0 Å².